The van der Waals surface area contributed by atoms with Crippen LogP contribution in [0.4, 0.5) is 0 Å². The van der Waals surface area contributed by atoms with Gasteiger partial charge in [0.25, 0.3) is 0 Å². The standard InChI is InChI=1S/C23H25NO7/c1-12(25)24-17-8-6-14-10-20(29-4)22(30-5)23(31-13(2)26)21(14)15-7-9-19(28-3)18(27)11-16(15)17/h7,9-11,17H,6,8H2,1-5H3,(H,24,25)/t17-/m0/s1. The number of esters is 1. The van der Waals surface area contributed by atoms with Gasteiger partial charge in [0.2, 0.25) is 17.1 Å². The molecule has 2 aromatic rings. The molecule has 0 aromatic heterocycles. The summed E-state index contributed by atoms with van der Waals surface area (Å²) in [7, 11) is 4.37. The Kier molecular flexibility index (Phi) is 6.48. The Morgan fingerprint density at radius 1 is 0.968 bits per heavy atom. The lowest BCUT2D eigenvalue weighted by Gasteiger charge is -2.19. The number of carbonyl (C=O) groups excluding carboxylic acids is 2. The summed E-state index contributed by atoms with van der Waals surface area (Å²) in [6, 6.07) is 6.15. The van der Waals surface area contributed by atoms with Crippen molar-refractivity contribution in [2.75, 3.05) is 21.3 Å². The molecule has 0 saturated carbocycles. The highest BCUT2D eigenvalue weighted by atomic mass is 16.6. The van der Waals surface area contributed by atoms with E-state index in [0.29, 0.717) is 35.3 Å². The number of hydrogen-bond acceptors (Lipinski definition) is 7. The minimum Gasteiger partial charge on any atom is -0.493 e. The molecule has 0 spiro atoms. The highest BCUT2D eigenvalue weighted by Gasteiger charge is 2.30. The molecule has 3 rings (SSSR count). The average Bonchev–Trinajstić information content (AvgIpc) is 2.96. The van der Waals surface area contributed by atoms with E-state index in [9.17, 15) is 14.4 Å². The van der Waals surface area contributed by atoms with Gasteiger partial charge >= 0.3 is 5.97 Å². The first kappa shape index (κ1) is 22.1. The average molecular weight is 427 g/mol. The number of aryl methyl sites for hydroxylation is 1. The molecule has 1 amide bonds. The van der Waals surface area contributed by atoms with Crippen LogP contribution >= 0.6 is 0 Å². The molecular formula is C23H25NO7. The number of carbonyl (C=O) groups is 2. The van der Waals surface area contributed by atoms with Gasteiger partial charge in [-0.2, -0.15) is 0 Å². The second-order valence-electron chi connectivity index (χ2n) is 7.14. The monoisotopic (exact) mass is 427 g/mol. The molecule has 1 aliphatic rings. The molecule has 1 N–H and O–H groups in total. The first-order valence-electron chi connectivity index (χ1n) is 9.76. The molecule has 0 radical (unpaired) electrons. The van der Waals surface area contributed by atoms with E-state index in [4.69, 9.17) is 18.9 Å². The summed E-state index contributed by atoms with van der Waals surface area (Å²) in [4.78, 5) is 36.5. The third-order valence-corrected chi connectivity index (χ3v) is 5.14. The smallest absolute Gasteiger partial charge is 0.308 e. The maximum absolute atomic E-state index is 12.7. The fourth-order valence-electron chi connectivity index (χ4n) is 3.91. The first-order valence-corrected chi connectivity index (χ1v) is 9.76. The fraction of sp³-hybridized carbons (Fsp3) is 0.348. The van der Waals surface area contributed by atoms with Crippen molar-refractivity contribution in [3.63, 3.8) is 0 Å². The Morgan fingerprint density at radius 3 is 2.26 bits per heavy atom. The van der Waals surface area contributed by atoms with Crippen molar-refractivity contribution in [2.24, 2.45) is 0 Å². The number of rotatable bonds is 5. The van der Waals surface area contributed by atoms with Crippen LogP contribution in [0.15, 0.2) is 29.1 Å². The molecule has 1 atom stereocenters. The van der Waals surface area contributed by atoms with Gasteiger partial charge in [0.05, 0.1) is 27.4 Å². The topological polar surface area (TPSA) is 100 Å². The van der Waals surface area contributed by atoms with E-state index in [1.54, 1.807) is 12.1 Å². The lowest BCUT2D eigenvalue weighted by atomic mass is 9.95. The van der Waals surface area contributed by atoms with Crippen LogP contribution in [0.2, 0.25) is 0 Å². The molecule has 8 heteroatoms. The molecule has 0 saturated heterocycles. The number of amides is 1. The van der Waals surface area contributed by atoms with Crippen LogP contribution in [0.1, 0.15) is 37.4 Å². The highest BCUT2D eigenvalue weighted by Crippen LogP contribution is 2.50. The minimum atomic E-state index is -0.527. The zero-order valence-electron chi connectivity index (χ0n) is 18.2. The number of nitrogens with one attached hydrogen (secondary N) is 1. The van der Waals surface area contributed by atoms with Gasteiger partial charge in [0.1, 0.15) is 0 Å². The van der Waals surface area contributed by atoms with Crippen LogP contribution in [0.5, 0.6) is 23.0 Å². The predicted octanol–water partition coefficient (Wildman–Crippen LogP) is 2.79. The number of hydrogen-bond donors (Lipinski definition) is 1. The Balaban J connectivity index is 2.44. The second kappa shape index (κ2) is 9.07. The van der Waals surface area contributed by atoms with E-state index in [2.05, 4.69) is 5.32 Å². The maximum atomic E-state index is 12.7. The zero-order chi connectivity index (χ0) is 22.7. The third kappa shape index (κ3) is 4.33. The van der Waals surface area contributed by atoms with E-state index < -0.39 is 12.0 Å². The van der Waals surface area contributed by atoms with E-state index in [1.807, 2.05) is 6.07 Å². The van der Waals surface area contributed by atoms with Crippen molar-refractivity contribution in [1.82, 2.24) is 5.32 Å². The van der Waals surface area contributed by atoms with Crippen LogP contribution < -0.4 is 29.7 Å². The fourth-order valence-corrected chi connectivity index (χ4v) is 3.91. The van der Waals surface area contributed by atoms with Gasteiger partial charge in [0, 0.05) is 19.4 Å². The summed E-state index contributed by atoms with van der Waals surface area (Å²) in [5.74, 6) is 0.293. The number of benzene rings is 1. The Bertz CT molecular complexity index is 1090. The van der Waals surface area contributed by atoms with Gasteiger partial charge in [-0.05, 0) is 47.7 Å². The summed E-state index contributed by atoms with van der Waals surface area (Å²) in [6.45, 7) is 2.72. The van der Waals surface area contributed by atoms with Gasteiger partial charge < -0.3 is 24.3 Å². The van der Waals surface area contributed by atoms with Crippen LogP contribution in [-0.2, 0) is 16.0 Å². The van der Waals surface area contributed by atoms with Crippen LogP contribution in [0, 0.1) is 0 Å². The van der Waals surface area contributed by atoms with Gasteiger partial charge in [-0.3, -0.25) is 14.4 Å². The molecule has 0 fully saturated rings. The van der Waals surface area contributed by atoms with Gasteiger partial charge in [-0.1, -0.05) is 6.07 Å². The van der Waals surface area contributed by atoms with Crippen molar-refractivity contribution in [2.45, 2.75) is 32.7 Å². The maximum Gasteiger partial charge on any atom is 0.308 e. The summed E-state index contributed by atoms with van der Waals surface area (Å²) in [5, 5.41) is 2.92. The quantitative estimate of drug-likeness (QED) is 0.578. The molecule has 0 unspecified atom stereocenters. The lowest BCUT2D eigenvalue weighted by Crippen LogP contribution is -2.26. The normalized spacial score (nSPS) is 14.4. The summed E-state index contributed by atoms with van der Waals surface area (Å²) < 4.78 is 21.8. The number of fused-ring (bicyclic) bond motifs is 3. The molecule has 0 heterocycles. The summed E-state index contributed by atoms with van der Waals surface area (Å²) in [5.41, 5.74) is 2.35. The second-order valence-corrected chi connectivity index (χ2v) is 7.14. The largest absolute Gasteiger partial charge is 0.493 e. The van der Waals surface area contributed by atoms with Crippen LogP contribution in [-0.4, -0.2) is 33.2 Å². The molecule has 0 bridgehead atoms. The number of ether oxygens (including phenoxy) is 4. The highest BCUT2D eigenvalue weighted by molar-refractivity contribution is 5.86. The van der Waals surface area contributed by atoms with Crippen molar-refractivity contribution < 1.29 is 28.5 Å². The summed E-state index contributed by atoms with van der Waals surface area (Å²) >= 11 is 0. The predicted molar refractivity (Wildman–Crippen MR) is 114 cm³/mol. The minimum absolute atomic E-state index is 0.158. The zero-order valence-corrected chi connectivity index (χ0v) is 18.2. The van der Waals surface area contributed by atoms with Crippen LogP contribution in [0.3, 0.4) is 0 Å². The Labute approximate surface area is 180 Å². The van der Waals surface area contributed by atoms with Gasteiger partial charge in [0.15, 0.2) is 17.2 Å². The molecule has 31 heavy (non-hydrogen) atoms. The Morgan fingerprint density at radius 2 is 1.68 bits per heavy atom. The first-order chi connectivity index (χ1) is 14.8. The summed E-state index contributed by atoms with van der Waals surface area (Å²) in [6.07, 6.45) is 1.07. The SMILES string of the molecule is COc1cc2c(c(OC(C)=O)c1OC)-c1ccc(OC)c(=O)cc1[C@@H](NC(C)=O)CC2. The van der Waals surface area contributed by atoms with Gasteiger partial charge in [-0.25, -0.2) is 0 Å². The molecule has 164 valence electrons. The van der Waals surface area contributed by atoms with Crippen LogP contribution in [0.25, 0.3) is 11.1 Å². The van der Waals surface area contributed by atoms with Crippen molar-refractivity contribution in [3.8, 4) is 34.1 Å². The van der Waals surface area contributed by atoms with Crippen molar-refractivity contribution in [3.05, 3.63) is 45.6 Å². The van der Waals surface area contributed by atoms with E-state index in [-0.39, 0.29) is 28.6 Å². The van der Waals surface area contributed by atoms with Crippen molar-refractivity contribution in [1.29, 1.82) is 0 Å². The molecule has 1 aliphatic carbocycles. The number of methoxy groups -OCH3 is 3. The van der Waals surface area contributed by atoms with Crippen molar-refractivity contribution >= 4 is 11.9 Å². The third-order valence-electron chi connectivity index (χ3n) is 5.14. The van der Waals surface area contributed by atoms with E-state index in [1.165, 1.54) is 41.2 Å². The van der Waals surface area contributed by atoms with E-state index in [0.717, 1.165) is 5.56 Å². The van der Waals surface area contributed by atoms with Gasteiger partial charge in [-0.15, -0.1) is 0 Å². The molecule has 2 aromatic carbocycles. The molecular weight excluding hydrogens is 402 g/mol. The molecule has 8 nitrogen and oxygen atoms in total. The molecule has 0 aliphatic heterocycles. The lowest BCUT2D eigenvalue weighted by molar-refractivity contribution is -0.132. The Hall–Kier alpha value is -3.55. The van der Waals surface area contributed by atoms with E-state index >= 15 is 0 Å².